The van der Waals surface area contributed by atoms with E-state index < -0.39 is 17.1 Å². The number of methoxy groups -OCH3 is 1. The highest BCUT2D eigenvalue weighted by Crippen LogP contribution is 2.39. The lowest BCUT2D eigenvalue weighted by Crippen LogP contribution is -2.53. The second kappa shape index (κ2) is 8.48. The Hall–Kier alpha value is -4.31. The maximum absolute atomic E-state index is 15.1. The summed E-state index contributed by atoms with van der Waals surface area (Å²) in [5.74, 6) is -1.03. The van der Waals surface area contributed by atoms with Gasteiger partial charge in [-0.3, -0.25) is 9.59 Å². The highest BCUT2D eigenvalue weighted by Gasteiger charge is 2.39. The zero-order valence-electron chi connectivity index (χ0n) is 19.2. The van der Waals surface area contributed by atoms with E-state index in [1.807, 2.05) is 13.0 Å². The molecule has 4 heterocycles. The molecule has 1 aliphatic heterocycles. The van der Waals surface area contributed by atoms with Gasteiger partial charge in [-0.2, -0.15) is 0 Å². The van der Waals surface area contributed by atoms with E-state index in [1.165, 1.54) is 31.6 Å². The highest BCUT2D eigenvalue weighted by atomic mass is 19.1. The molecule has 1 amide bonds. The molecule has 0 fully saturated rings. The fraction of sp³-hybridized carbons (Fsp3) is 0.200. The van der Waals surface area contributed by atoms with Crippen molar-refractivity contribution in [2.45, 2.75) is 19.4 Å². The summed E-state index contributed by atoms with van der Waals surface area (Å²) in [6, 6.07) is 7.57. The lowest BCUT2D eigenvalue weighted by molar-refractivity contribution is -0.121. The molecular formula is C25H22FN5O4. The van der Waals surface area contributed by atoms with Gasteiger partial charge in [0.2, 0.25) is 5.88 Å². The lowest BCUT2D eigenvalue weighted by atomic mass is 9.96. The molecule has 0 spiro atoms. The van der Waals surface area contributed by atoms with Crippen LogP contribution in [0.1, 0.15) is 28.4 Å². The van der Waals surface area contributed by atoms with Crippen LogP contribution >= 0.6 is 0 Å². The quantitative estimate of drug-likeness (QED) is 0.358. The zero-order chi connectivity index (χ0) is 24.7. The summed E-state index contributed by atoms with van der Waals surface area (Å²) in [5.41, 5.74) is 1.30. The van der Waals surface area contributed by atoms with Gasteiger partial charge >= 0.3 is 0 Å². The first-order valence-corrected chi connectivity index (χ1v) is 10.8. The Balaban J connectivity index is 1.51. The molecule has 0 bridgehead atoms. The highest BCUT2D eigenvalue weighted by molar-refractivity contribution is 6.21. The van der Waals surface area contributed by atoms with Crippen molar-refractivity contribution in [3.63, 3.8) is 0 Å². The van der Waals surface area contributed by atoms with Crippen molar-refractivity contribution < 1.29 is 23.5 Å². The van der Waals surface area contributed by atoms with Crippen LogP contribution in [0.25, 0.3) is 11.0 Å². The number of ketones is 1. The number of hydrogen-bond donors (Lipinski definition) is 3. The summed E-state index contributed by atoms with van der Waals surface area (Å²) >= 11 is 0. The molecule has 1 aliphatic rings. The third-order valence-corrected chi connectivity index (χ3v) is 5.83. The molecule has 0 saturated carbocycles. The van der Waals surface area contributed by atoms with E-state index in [0.717, 1.165) is 11.6 Å². The van der Waals surface area contributed by atoms with E-state index in [-0.39, 0.29) is 29.4 Å². The number of pyridine rings is 2. The van der Waals surface area contributed by atoms with Crippen molar-refractivity contribution in [2.24, 2.45) is 0 Å². The molecular weight excluding hydrogens is 453 g/mol. The molecule has 0 saturated heterocycles. The number of aromatic amines is 1. The Morgan fingerprint density at radius 1 is 1.17 bits per heavy atom. The third-order valence-electron chi connectivity index (χ3n) is 5.83. The maximum Gasteiger partial charge on any atom is 0.252 e. The molecule has 10 heteroatoms. The molecule has 5 rings (SSSR count). The molecule has 0 radical (unpaired) electrons. The van der Waals surface area contributed by atoms with Gasteiger partial charge in [0, 0.05) is 31.6 Å². The molecule has 1 aromatic carbocycles. The molecule has 35 heavy (non-hydrogen) atoms. The average molecular weight is 475 g/mol. The summed E-state index contributed by atoms with van der Waals surface area (Å²) in [5, 5.41) is 6.43. The van der Waals surface area contributed by atoms with Gasteiger partial charge in [-0.05, 0) is 37.6 Å². The van der Waals surface area contributed by atoms with Gasteiger partial charge in [-0.1, -0.05) is 0 Å². The number of rotatable bonds is 6. The monoisotopic (exact) mass is 475 g/mol. The van der Waals surface area contributed by atoms with Gasteiger partial charge in [-0.15, -0.1) is 0 Å². The number of nitrogens with zero attached hydrogens (tertiary/aromatic N) is 2. The van der Waals surface area contributed by atoms with Crippen LogP contribution in [-0.2, 0) is 9.53 Å². The molecule has 3 N–H and O–H groups in total. The third kappa shape index (κ3) is 3.97. The molecule has 1 atom stereocenters. The Morgan fingerprint density at radius 3 is 2.74 bits per heavy atom. The number of aryl methyl sites for hydroxylation is 1. The number of hydrogen-bond acceptors (Lipinski definition) is 7. The topological polar surface area (TPSA) is 118 Å². The summed E-state index contributed by atoms with van der Waals surface area (Å²) in [6.07, 6.45) is 4.57. The van der Waals surface area contributed by atoms with Crippen molar-refractivity contribution in [2.75, 3.05) is 24.4 Å². The zero-order valence-corrected chi connectivity index (χ0v) is 19.2. The Labute approximate surface area is 199 Å². The van der Waals surface area contributed by atoms with Crippen LogP contribution in [-0.4, -0.2) is 45.9 Å². The molecule has 0 unspecified atom stereocenters. The Kier molecular flexibility index (Phi) is 5.45. The van der Waals surface area contributed by atoms with Gasteiger partial charge in [0.15, 0.2) is 5.78 Å². The molecule has 3 aromatic heterocycles. The predicted molar refractivity (Wildman–Crippen MR) is 128 cm³/mol. The fourth-order valence-corrected chi connectivity index (χ4v) is 4.06. The number of anilines is 2. The van der Waals surface area contributed by atoms with Crippen LogP contribution in [0.3, 0.4) is 0 Å². The predicted octanol–water partition coefficient (Wildman–Crippen LogP) is 4.20. The first kappa shape index (κ1) is 22.5. The largest absolute Gasteiger partial charge is 0.439 e. The van der Waals surface area contributed by atoms with Crippen LogP contribution in [0.4, 0.5) is 15.8 Å². The number of aromatic nitrogens is 3. The van der Waals surface area contributed by atoms with Gasteiger partial charge in [-0.25, -0.2) is 14.4 Å². The Morgan fingerprint density at radius 2 is 2.00 bits per heavy atom. The number of carbonyl (C=O) groups is 2. The lowest BCUT2D eigenvalue weighted by Gasteiger charge is -2.35. The normalized spacial score (nSPS) is 17.0. The van der Waals surface area contributed by atoms with E-state index in [9.17, 15) is 9.59 Å². The number of halogens is 1. The first-order valence-electron chi connectivity index (χ1n) is 10.8. The van der Waals surface area contributed by atoms with Gasteiger partial charge in [0.25, 0.3) is 5.91 Å². The summed E-state index contributed by atoms with van der Waals surface area (Å²) in [6.45, 7) is 3.68. The van der Waals surface area contributed by atoms with Crippen molar-refractivity contribution in [3.05, 3.63) is 71.4 Å². The second-order valence-corrected chi connectivity index (χ2v) is 8.56. The number of amides is 1. The van der Waals surface area contributed by atoms with E-state index in [0.29, 0.717) is 28.3 Å². The minimum absolute atomic E-state index is 0.0989. The van der Waals surface area contributed by atoms with Crippen LogP contribution in [0, 0.1) is 12.7 Å². The molecule has 178 valence electrons. The van der Waals surface area contributed by atoms with E-state index in [2.05, 4.69) is 25.6 Å². The second-order valence-electron chi connectivity index (χ2n) is 8.56. The van der Waals surface area contributed by atoms with Crippen molar-refractivity contribution in [3.8, 4) is 11.6 Å². The maximum atomic E-state index is 15.1. The van der Waals surface area contributed by atoms with Crippen molar-refractivity contribution in [1.29, 1.82) is 0 Å². The summed E-state index contributed by atoms with van der Waals surface area (Å²) in [7, 11) is 1.49. The number of H-pyrrole nitrogens is 1. The Bertz CT molecular complexity index is 1480. The number of fused-ring (bicyclic) bond motifs is 3. The molecule has 9 nitrogen and oxygen atoms in total. The number of carbonyl (C=O) groups excluding carboxylic acids is 2. The van der Waals surface area contributed by atoms with Crippen LogP contribution in [0.2, 0.25) is 0 Å². The van der Waals surface area contributed by atoms with Crippen molar-refractivity contribution in [1.82, 2.24) is 15.0 Å². The minimum Gasteiger partial charge on any atom is -0.439 e. The average Bonchev–Trinajstić information content (AvgIpc) is 3.25. The van der Waals surface area contributed by atoms with Gasteiger partial charge < -0.3 is 25.1 Å². The summed E-state index contributed by atoms with van der Waals surface area (Å²) < 4.78 is 25.9. The smallest absolute Gasteiger partial charge is 0.252 e. The minimum atomic E-state index is -1.07. The van der Waals surface area contributed by atoms with Gasteiger partial charge in [0.05, 0.1) is 40.7 Å². The molecule has 0 aliphatic carbocycles. The van der Waals surface area contributed by atoms with Crippen LogP contribution in [0.15, 0.2) is 48.9 Å². The number of benzene rings is 1. The fourth-order valence-electron chi connectivity index (χ4n) is 4.06. The van der Waals surface area contributed by atoms with Gasteiger partial charge in [0.1, 0.15) is 22.8 Å². The van der Waals surface area contributed by atoms with Crippen LogP contribution in [0.5, 0.6) is 11.6 Å². The van der Waals surface area contributed by atoms with Crippen LogP contribution < -0.4 is 15.4 Å². The first-order chi connectivity index (χ1) is 16.8. The van der Waals surface area contributed by atoms with E-state index >= 15 is 4.39 Å². The summed E-state index contributed by atoms with van der Waals surface area (Å²) in [4.78, 5) is 37.4. The van der Waals surface area contributed by atoms with Crippen molar-refractivity contribution >= 4 is 34.1 Å². The SMILES string of the molecule is COC[C@]1(C)Nc2c(cnc3[nH]cc(C(=O)c4ccc(Oc5cc(C)ccn5)cc4F)c23)NC1=O. The number of nitrogens with one attached hydrogen (secondary N) is 3. The molecule has 4 aromatic rings. The van der Waals surface area contributed by atoms with E-state index in [1.54, 1.807) is 19.2 Å². The van der Waals surface area contributed by atoms with E-state index in [4.69, 9.17) is 9.47 Å². The standard InChI is InChI=1S/C25H22FN5O4/c1-13-6-7-27-19(8-13)35-14-4-5-15(17(26)9-14)22(32)16-10-28-23-20(16)21-18(11-29-23)30-24(33)25(2,31-21)12-34-3/h4-11,31H,12H2,1-3H3,(H,28,29)(H,30,33)/t25-/m0/s1. The number of ether oxygens (including phenoxy) is 2.